The number of rotatable bonds is 10. The van der Waals surface area contributed by atoms with E-state index in [0.717, 1.165) is 60.2 Å². The number of halogens is 1. The summed E-state index contributed by atoms with van der Waals surface area (Å²) in [6, 6.07) is 12.3. The third kappa shape index (κ3) is 6.43. The summed E-state index contributed by atoms with van der Waals surface area (Å²) in [6.45, 7) is 9.03. The maximum Gasteiger partial charge on any atom is 0.295 e. The highest BCUT2D eigenvalue weighted by atomic mass is 79.9. The molecule has 0 aromatic heterocycles. The number of nitrogens with zero attached hydrogens (tertiary/aromatic N) is 2. The van der Waals surface area contributed by atoms with Crippen LogP contribution in [0, 0.1) is 6.92 Å². The molecule has 2 heterocycles. The van der Waals surface area contributed by atoms with Crippen LogP contribution in [0.5, 0.6) is 5.75 Å². The largest absolute Gasteiger partial charge is 0.507 e. The zero-order valence-electron chi connectivity index (χ0n) is 21.5. The first-order chi connectivity index (χ1) is 17.9. The van der Waals surface area contributed by atoms with Crippen molar-refractivity contribution in [1.29, 1.82) is 0 Å². The Morgan fingerprint density at radius 3 is 2.59 bits per heavy atom. The molecule has 1 amide bonds. The standard InChI is InChI=1S/C29H35BrN2O5/c1-3-4-15-37-24-10-9-22(18-20(24)2)27(33)25-26(21-7-5-8-23(30)19-21)32(29(35)28(25)34)12-6-11-31-13-16-36-17-14-31/h5,7-10,18-19,26,33H,3-4,6,11-17H2,1-2H3/b27-25+. The van der Waals surface area contributed by atoms with Crippen LogP contribution in [0.3, 0.4) is 0 Å². The minimum atomic E-state index is -0.664. The van der Waals surface area contributed by atoms with E-state index in [9.17, 15) is 14.7 Å². The van der Waals surface area contributed by atoms with Crippen LogP contribution in [0.4, 0.5) is 0 Å². The number of amides is 1. The van der Waals surface area contributed by atoms with E-state index in [4.69, 9.17) is 9.47 Å². The molecular weight excluding hydrogens is 536 g/mol. The van der Waals surface area contributed by atoms with Gasteiger partial charge in [0.2, 0.25) is 0 Å². The first kappa shape index (κ1) is 27.4. The number of Topliss-reactive ketones (excluding diaryl/α,β-unsaturated/α-hetero) is 1. The summed E-state index contributed by atoms with van der Waals surface area (Å²) < 4.78 is 12.1. The number of ketones is 1. The third-order valence-electron chi connectivity index (χ3n) is 6.89. The van der Waals surface area contributed by atoms with E-state index in [1.54, 1.807) is 17.0 Å². The van der Waals surface area contributed by atoms with Crippen molar-refractivity contribution < 1.29 is 24.2 Å². The number of hydrogen-bond donors (Lipinski definition) is 1. The number of aliphatic hydroxyl groups is 1. The summed E-state index contributed by atoms with van der Waals surface area (Å²) in [5, 5.41) is 11.4. The van der Waals surface area contributed by atoms with Gasteiger partial charge in [-0.2, -0.15) is 0 Å². The summed E-state index contributed by atoms with van der Waals surface area (Å²) in [6.07, 6.45) is 2.73. The Morgan fingerprint density at radius 2 is 1.89 bits per heavy atom. The molecule has 37 heavy (non-hydrogen) atoms. The average Bonchev–Trinajstić information content (AvgIpc) is 3.15. The number of aliphatic hydroxyl groups excluding tert-OH is 1. The maximum absolute atomic E-state index is 13.3. The second-order valence-corrected chi connectivity index (χ2v) is 10.5. The Balaban J connectivity index is 1.64. The Morgan fingerprint density at radius 1 is 1.11 bits per heavy atom. The second kappa shape index (κ2) is 12.7. The predicted octanol–water partition coefficient (Wildman–Crippen LogP) is 5.08. The minimum absolute atomic E-state index is 0.119. The molecule has 2 saturated heterocycles. The number of carbonyl (C=O) groups excluding carboxylic acids is 2. The molecule has 2 aliphatic heterocycles. The van der Waals surface area contributed by atoms with E-state index in [0.29, 0.717) is 31.9 Å². The molecule has 0 aliphatic carbocycles. The van der Waals surface area contributed by atoms with Crippen molar-refractivity contribution >= 4 is 33.4 Å². The molecule has 8 heteroatoms. The molecule has 0 saturated carbocycles. The fourth-order valence-electron chi connectivity index (χ4n) is 4.86. The van der Waals surface area contributed by atoms with Gasteiger partial charge in [0.1, 0.15) is 11.5 Å². The highest BCUT2D eigenvalue weighted by molar-refractivity contribution is 9.10. The monoisotopic (exact) mass is 570 g/mol. The van der Waals surface area contributed by atoms with Gasteiger partial charge in [-0.15, -0.1) is 0 Å². The summed E-state index contributed by atoms with van der Waals surface area (Å²) in [5.74, 6) is -0.654. The molecule has 2 aromatic carbocycles. The lowest BCUT2D eigenvalue weighted by Crippen LogP contribution is -2.38. The van der Waals surface area contributed by atoms with E-state index in [2.05, 4.69) is 27.8 Å². The summed E-state index contributed by atoms with van der Waals surface area (Å²) >= 11 is 3.51. The van der Waals surface area contributed by atoms with E-state index in [1.807, 2.05) is 37.3 Å². The molecule has 0 radical (unpaired) electrons. The quantitative estimate of drug-likeness (QED) is 0.186. The number of unbranched alkanes of at least 4 members (excludes halogenated alkanes) is 1. The number of aryl methyl sites for hydroxylation is 1. The van der Waals surface area contributed by atoms with Gasteiger partial charge in [-0.25, -0.2) is 0 Å². The minimum Gasteiger partial charge on any atom is -0.507 e. The average molecular weight is 572 g/mol. The highest BCUT2D eigenvalue weighted by Gasteiger charge is 2.45. The molecule has 4 rings (SSSR count). The van der Waals surface area contributed by atoms with Crippen molar-refractivity contribution in [2.24, 2.45) is 0 Å². The number of hydrogen-bond acceptors (Lipinski definition) is 6. The van der Waals surface area contributed by atoms with Crippen LogP contribution in [-0.4, -0.2) is 72.6 Å². The van der Waals surface area contributed by atoms with Crippen LogP contribution in [0.25, 0.3) is 5.76 Å². The maximum atomic E-state index is 13.3. The van der Waals surface area contributed by atoms with Crippen molar-refractivity contribution in [3.63, 3.8) is 0 Å². The highest BCUT2D eigenvalue weighted by Crippen LogP contribution is 2.40. The molecule has 1 N–H and O–H groups in total. The first-order valence-corrected chi connectivity index (χ1v) is 13.8. The fourth-order valence-corrected chi connectivity index (χ4v) is 5.28. The summed E-state index contributed by atoms with van der Waals surface area (Å²) in [4.78, 5) is 30.5. The molecule has 1 atom stereocenters. The molecule has 7 nitrogen and oxygen atoms in total. The van der Waals surface area contributed by atoms with Crippen molar-refractivity contribution in [2.75, 3.05) is 46.0 Å². The topological polar surface area (TPSA) is 79.3 Å². The Labute approximate surface area is 227 Å². The third-order valence-corrected chi connectivity index (χ3v) is 7.38. The van der Waals surface area contributed by atoms with E-state index >= 15 is 0 Å². The predicted molar refractivity (Wildman–Crippen MR) is 147 cm³/mol. The van der Waals surface area contributed by atoms with Crippen LogP contribution in [0.15, 0.2) is 52.5 Å². The fraction of sp³-hybridized carbons (Fsp3) is 0.448. The van der Waals surface area contributed by atoms with Gasteiger partial charge < -0.3 is 19.5 Å². The summed E-state index contributed by atoms with van der Waals surface area (Å²) in [7, 11) is 0. The molecule has 2 fully saturated rings. The zero-order valence-corrected chi connectivity index (χ0v) is 23.1. The smallest absolute Gasteiger partial charge is 0.295 e. The Hall–Kier alpha value is -2.68. The van der Waals surface area contributed by atoms with Gasteiger partial charge in [0.15, 0.2) is 0 Å². The van der Waals surface area contributed by atoms with E-state index in [-0.39, 0.29) is 11.3 Å². The molecule has 0 spiro atoms. The number of ether oxygens (including phenoxy) is 2. The summed E-state index contributed by atoms with van der Waals surface area (Å²) in [5.41, 5.74) is 2.25. The molecule has 0 bridgehead atoms. The number of morpholine rings is 1. The van der Waals surface area contributed by atoms with Gasteiger partial charge in [0, 0.05) is 36.2 Å². The van der Waals surface area contributed by atoms with Crippen molar-refractivity contribution in [1.82, 2.24) is 9.80 Å². The number of benzene rings is 2. The van der Waals surface area contributed by atoms with Crippen LogP contribution in [-0.2, 0) is 14.3 Å². The van der Waals surface area contributed by atoms with Crippen LogP contribution in [0.1, 0.15) is 48.9 Å². The van der Waals surface area contributed by atoms with Gasteiger partial charge in [0.25, 0.3) is 11.7 Å². The van der Waals surface area contributed by atoms with Crippen LogP contribution >= 0.6 is 15.9 Å². The molecule has 2 aromatic rings. The van der Waals surface area contributed by atoms with Gasteiger partial charge >= 0.3 is 0 Å². The number of likely N-dealkylation sites (tertiary alicyclic amines) is 1. The molecule has 1 unspecified atom stereocenters. The van der Waals surface area contributed by atoms with Crippen LogP contribution in [0.2, 0.25) is 0 Å². The first-order valence-electron chi connectivity index (χ1n) is 13.0. The molecular formula is C29H35BrN2O5. The lowest BCUT2D eigenvalue weighted by molar-refractivity contribution is -0.140. The van der Waals surface area contributed by atoms with Crippen LogP contribution < -0.4 is 4.74 Å². The zero-order chi connectivity index (χ0) is 26.4. The Bertz CT molecular complexity index is 1160. The van der Waals surface area contributed by atoms with Gasteiger partial charge in [-0.3, -0.25) is 14.5 Å². The van der Waals surface area contributed by atoms with Gasteiger partial charge in [-0.1, -0.05) is 41.4 Å². The van der Waals surface area contributed by atoms with E-state index < -0.39 is 17.7 Å². The van der Waals surface area contributed by atoms with Crippen molar-refractivity contribution in [2.45, 2.75) is 39.2 Å². The number of carbonyl (C=O) groups is 2. The van der Waals surface area contributed by atoms with Crippen molar-refractivity contribution in [3.05, 3.63) is 69.2 Å². The molecule has 198 valence electrons. The normalized spacial score (nSPS) is 20.0. The SMILES string of the molecule is CCCCOc1ccc(/C(O)=C2\C(=O)C(=O)N(CCCN3CCOCC3)C2c2cccc(Br)c2)cc1C. The van der Waals surface area contributed by atoms with E-state index in [1.165, 1.54) is 0 Å². The van der Waals surface area contributed by atoms with Gasteiger partial charge in [0.05, 0.1) is 31.4 Å². The Kier molecular flexibility index (Phi) is 9.40. The van der Waals surface area contributed by atoms with Crippen molar-refractivity contribution in [3.8, 4) is 5.75 Å². The lowest BCUT2D eigenvalue weighted by Gasteiger charge is -2.29. The second-order valence-electron chi connectivity index (χ2n) is 9.54. The van der Waals surface area contributed by atoms with Gasteiger partial charge in [-0.05, 0) is 61.2 Å². The molecule has 2 aliphatic rings. The lowest BCUT2D eigenvalue weighted by atomic mass is 9.94.